The second kappa shape index (κ2) is 7.40. The molecule has 108 valence electrons. The third-order valence-corrected chi connectivity index (χ3v) is 4.31. The molecule has 0 unspecified atom stereocenters. The van der Waals surface area contributed by atoms with Crippen molar-refractivity contribution in [3.8, 4) is 0 Å². The molecule has 0 aliphatic carbocycles. The smallest absolute Gasteiger partial charge is 0.211 e. The highest BCUT2D eigenvalue weighted by molar-refractivity contribution is 7.89. The Balaban J connectivity index is 2.46. The van der Waals surface area contributed by atoms with Crippen molar-refractivity contribution in [2.75, 3.05) is 46.2 Å². The van der Waals surface area contributed by atoms with Gasteiger partial charge in [0.2, 0.25) is 10.0 Å². The van der Waals surface area contributed by atoms with Gasteiger partial charge in [0.15, 0.2) is 0 Å². The fraction of sp³-hybridized carbons (Fsp3) is 1.00. The monoisotopic (exact) mass is 280 g/mol. The molecule has 1 N–H and O–H groups in total. The second-order valence-corrected chi connectivity index (χ2v) is 6.75. The number of nitrogens with zero attached hydrogens (tertiary/aromatic N) is 1. The molecule has 1 saturated heterocycles. The van der Waals surface area contributed by atoms with Crippen molar-refractivity contribution in [1.29, 1.82) is 0 Å². The van der Waals surface area contributed by atoms with Gasteiger partial charge in [-0.3, -0.25) is 0 Å². The molecule has 18 heavy (non-hydrogen) atoms. The number of hydrogen-bond acceptors (Lipinski definition) is 5. The molecule has 1 fully saturated rings. The van der Waals surface area contributed by atoms with Gasteiger partial charge in [0.1, 0.15) is 0 Å². The van der Waals surface area contributed by atoms with E-state index < -0.39 is 10.0 Å². The van der Waals surface area contributed by atoms with E-state index in [2.05, 4.69) is 4.72 Å². The molecular formula is C11H24N2O4S. The molecule has 1 aliphatic heterocycles. The van der Waals surface area contributed by atoms with E-state index in [-0.39, 0.29) is 17.9 Å². The lowest BCUT2D eigenvalue weighted by atomic mass is 10.1. The van der Waals surface area contributed by atoms with Gasteiger partial charge in [-0.05, 0) is 27.4 Å². The van der Waals surface area contributed by atoms with Crippen molar-refractivity contribution in [2.45, 2.75) is 25.5 Å². The Kier molecular flexibility index (Phi) is 6.51. The van der Waals surface area contributed by atoms with Crippen LogP contribution in [0.15, 0.2) is 0 Å². The molecule has 0 amide bonds. The second-order valence-electron chi connectivity index (χ2n) is 4.70. The standard InChI is InChI=1S/C11H24N2O4S/c1-4-18(14,15)12-10-5-7-16-9-11(10)17-8-6-13(2)3/h10-12H,4-9H2,1-3H3/t10-,11-/m1/s1. The maximum atomic E-state index is 11.6. The average molecular weight is 280 g/mol. The Morgan fingerprint density at radius 2 is 2.17 bits per heavy atom. The first-order valence-corrected chi connectivity index (χ1v) is 7.94. The van der Waals surface area contributed by atoms with Crippen molar-refractivity contribution < 1.29 is 17.9 Å². The molecule has 0 aromatic heterocycles. The van der Waals surface area contributed by atoms with Crippen LogP contribution in [0.5, 0.6) is 0 Å². The molecule has 6 nitrogen and oxygen atoms in total. The molecule has 1 aliphatic rings. The minimum Gasteiger partial charge on any atom is -0.379 e. The molecule has 1 heterocycles. The van der Waals surface area contributed by atoms with E-state index in [1.165, 1.54) is 0 Å². The van der Waals surface area contributed by atoms with Crippen LogP contribution < -0.4 is 4.72 Å². The van der Waals surface area contributed by atoms with Gasteiger partial charge in [-0.2, -0.15) is 0 Å². The topological polar surface area (TPSA) is 67.9 Å². The van der Waals surface area contributed by atoms with Gasteiger partial charge in [-0.1, -0.05) is 0 Å². The Hall–Kier alpha value is -0.210. The summed E-state index contributed by atoms with van der Waals surface area (Å²) in [6, 6.07) is -0.175. The maximum Gasteiger partial charge on any atom is 0.211 e. The number of rotatable bonds is 7. The Morgan fingerprint density at radius 1 is 1.44 bits per heavy atom. The quantitative estimate of drug-likeness (QED) is 0.691. The molecule has 2 atom stereocenters. The number of likely N-dealkylation sites (N-methyl/N-ethyl adjacent to an activating group) is 1. The lowest BCUT2D eigenvalue weighted by Gasteiger charge is -2.32. The molecule has 0 radical (unpaired) electrons. The first kappa shape index (κ1) is 15.8. The van der Waals surface area contributed by atoms with E-state index in [0.717, 1.165) is 6.54 Å². The lowest BCUT2D eigenvalue weighted by Crippen LogP contribution is -2.50. The Labute approximate surface area is 110 Å². The van der Waals surface area contributed by atoms with Crippen molar-refractivity contribution in [2.24, 2.45) is 0 Å². The summed E-state index contributed by atoms with van der Waals surface area (Å²) in [6.07, 6.45) is 0.464. The van der Waals surface area contributed by atoms with Crippen LogP contribution in [-0.2, 0) is 19.5 Å². The average Bonchev–Trinajstić information content (AvgIpc) is 2.30. The summed E-state index contributed by atoms with van der Waals surface area (Å²) in [5.41, 5.74) is 0. The van der Waals surface area contributed by atoms with Crippen LogP contribution in [0.1, 0.15) is 13.3 Å². The highest BCUT2D eigenvalue weighted by Crippen LogP contribution is 2.12. The van der Waals surface area contributed by atoms with E-state index >= 15 is 0 Å². The highest BCUT2D eigenvalue weighted by Gasteiger charge is 2.29. The molecule has 0 aromatic carbocycles. The molecule has 1 rings (SSSR count). The van der Waals surface area contributed by atoms with Crippen LogP contribution in [0.2, 0.25) is 0 Å². The van der Waals surface area contributed by atoms with Crippen LogP contribution in [0.3, 0.4) is 0 Å². The lowest BCUT2D eigenvalue weighted by molar-refractivity contribution is -0.0665. The first-order chi connectivity index (χ1) is 8.44. The van der Waals surface area contributed by atoms with Gasteiger partial charge in [0.25, 0.3) is 0 Å². The predicted molar refractivity (Wildman–Crippen MR) is 70.1 cm³/mol. The van der Waals surface area contributed by atoms with Gasteiger partial charge in [0.05, 0.1) is 31.1 Å². The van der Waals surface area contributed by atoms with Crippen molar-refractivity contribution in [1.82, 2.24) is 9.62 Å². The first-order valence-electron chi connectivity index (χ1n) is 6.28. The SMILES string of the molecule is CCS(=O)(=O)N[C@@H]1CCOC[C@H]1OCCN(C)C. The van der Waals surface area contributed by atoms with Crippen LogP contribution >= 0.6 is 0 Å². The van der Waals surface area contributed by atoms with Gasteiger partial charge < -0.3 is 14.4 Å². The normalized spacial score (nSPS) is 25.6. The van der Waals surface area contributed by atoms with E-state index in [4.69, 9.17) is 9.47 Å². The van der Waals surface area contributed by atoms with E-state index in [0.29, 0.717) is 26.2 Å². The summed E-state index contributed by atoms with van der Waals surface area (Å²) >= 11 is 0. The van der Waals surface area contributed by atoms with Crippen LogP contribution in [0, 0.1) is 0 Å². The number of nitrogens with one attached hydrogen (secondary N) is 1. The fourth-order valence-electron chi connectivity index (χ4n) is 1.71. The van der Waals surface area contributed by atoms with Crippen molar-refractivity contribution in [3.63, 3.8) is 0 Å². The molecule has 0 bridgehead atoms. The zero-order valence-corrected chi connectivity index (χ0v) is 12.2. The summed E-state index contributed by atoms with van der Waals surface area (Å²) in [6.45, 7) is 4.04. The predicted octanol–water partition coefficient (Wildman–Crippen LogP) is -0.339. The zero-order chi connectivity index (χ0) is 13.6. The summed E-state index contributed by atoms with van der Waals surface area (Å²) in [7, 11) is 0.751. The summed E-state index contributed by atoms with van der Waals surface area (Å²) < 4.78 is 36.9. The number of ether oxygens (including phenoxy) is 2. The summed E-state index contributed by atoms with van der Waals surface area (Å²) in [5.74, 6) is 0.0920. The van der Waals surface area contributed by atoms with E-state index in [1.54, 1.807) is 6.92 Å². The minimum absolute atomic E-state index is 0.0920. The summed E-state index contributed by atoms with van der Waals surface area (Å²) in [4.78, 5) is 2.02. The summed E-state index contributed by atoms with van der Waals surface area (Å²) in [5, 5.41) is 0. The molecule has 7 heteroatoms. The van der Waals surface area contributed by atoms with E-state index in [9.17, 15) is 8.42 Å². The maximum absolute atomic E-state index is 11.6. The van der Waals surface area contributed by atoms with Crippen LogP contribution in [0.4, 0.5) is 0 Å². The van der Waals surface area contributed by atoms with Crippen molar-refractivity contribution in [3.05, 3.63) is 0 Å². The third-order valence-electron chi connectivity index (χ3n) is 2.89. The van der Waals surface area contributed by atoms with Crippen molar-refractivity contribution >= 4 is 10.0 Å². The van der Waals surface area contributed by atoms with E-state index in [1.807, 2.05) is 19.0 Å². The molecule has 0 aromatic rings. The number of sulfonamides is 1. The number of hydrogen-bond donors (Lipinski definition) is 1. The van der Waals surface area contributed by atoms with Crippen LogP contribution in [0.25, 0.3) is 0 Å². The largest absolute Gasteiger partial charge is 0.379 e. The Morgan fingerprint density at radius 3 is 2.78 bits per heavy atom. The Bertz CT molecular complexity index is 332. The third kappa shape index (κ3) is 5.62. The highest BCUT2D eigenvalue weighted by atomic mass is 32.2. The molecule has 0 saturated carbocycles. The fourth-order valence-corrected chi connectivity index (χ4v) is 2.61. The zero-order valence-electron chi connectivity index (χ0n) is 11.4. The van der Waals surface area contributed by atoms with Crippen LogP contribution in [-0.4, -0.2) is 71.7 Å². The molecule has 0 spiro atoms. The van der Waals surface area contributed by atoms with Gasteiger partial charge in [0, 0.05) is 13.2 Å². The van der Waals surface area contributed by atoms with Gasteiger partial charge in [-0.25, -0.2) is 13.1 Å². The van der Waals surface area contributed by atoms with Gasteiger partial charge in [-0.15, -0.1) is 0 Å². The van der Waals surface area contributed by atoms with Gasteiger partial charge >= 0.3 is 0 Å². The minimum atomic E-state index is -3.19. The molecular weight excluding hydrogens is 256 g/mol.